The summed E-state index contributed by atoms with van der Waals surface area (Å²) in [6.07, 6.45) is -0.0428. The Morgan fingerprint density at radius 2 is 1.85 bits per heavy atom. The molecule has 2 N–H and O–H groups in total. The van der Waals surface area contributed by atoms with Crippen LogP contribution in [-0.4, -0.2) is 25.6 Å². The first kappa shape index (κ1) is 12.4. The Hall–Kier alpha value is -0.570. The fourth-order valence-corrected chi connectivity index (χ4v) is 1.11. The Morgan fingerprint density at radius 1 is 1.31 bits per heavy atom. The zero-order chi connectivity index (χ0) is 10.4. The average Bonchev–Trinajstić information content (AvgIpc) is 2.01. The molecule has 0 saturated carbocycles. The Balaban J connectivity index is 4.18. The summed E-state index contributed by atoms with van der Waals surface area (Å²) in [5, 5.41) is 0. The van der Waals surface area contributed by atoms with Crippen molar-refractivity contribution in [1.82, 2.24) is 0 Å². The summed E-state index contributed by atoms with van der Waals surface area (Å²) in [6.45, 7) is 9.16. The molecule has 0 rings (SSSR count). The molecule has 0 bridgehead atoms. The molecule has 1 atom stereocenters. The second-order valence-electron chi connectivity index (χ2n) is 4.06. The highest BCUT2D eigenvalue weighted by Crippen LogP contribution is 2.06. The summed E-state index contributed by atoms with van der Waals surface area (Å²) in [5.41, 5.74) is 5.80. The number of aliphatic imine (C=N–C) groups is 1. The van der Waals surface area contributed by atoms with Crippen molar-refractivity contribution in [1.29, 1.82) is 0 Å². The number of hydrogen-bond acceptors (Lipinski definition) is 2. The van der Waals surface area contributed by atoms with Crippen LogP contribution in [0.15, 0.2) is 4.99 Å². The van der Waals surface area contributed by atoms with Crippen molar-refractivity contribution < 1.29 is 4.74 Å². The van der Waals surface area contributed by atoms with Gasteiger partial charge in [-0.1, -0.05) is 27.7 Å². The highest BCUT2D eigenvalue weighted by Gasteiger charge is 2.16. The highest BCUT2D eigenvalue weighted by molar-refractivity contribution is 5.85. The number of amidine groups is 1. The van der Waals surface area contributed by atoms with Gasteiger partial charge in [0.2, 0.25) is 0 Å². The molecule has 0 amide bonds. The fourth-order valence-electron chi connectivity index (χ4n) is 1.11. The van der Waals surface area contributed by atoms with Crippen LogP contribution in [0.4, 0.5) is 0 Å². The van der Waals surface area contributed by atoms with E-state index in [0.29, 0.717) is 17.7 Å². The maximum Gasteiger partial charge on any atom is 0.123 e. The zero-order valence-electron chi connectivity index (χ0n) is 9.37. The molecule has 0 saturated heterocycles. The van der Waals surface area contributed by atoms with Crippen LogP contribution in [0.25, 0.3) is 0 Å². The largest absolute Gasteiger partial charge is 0.385 e. The van der Waals surface area contributed by atoms with Gasteiger partial charge in [0.25, 0.3) is 0 Å². The number of ether oxygens (including phenoxy) is 1. The molecule has 0 aromatic rings. The third-order valence-corrected chi connectivity index (χ3v) is 1.79. The minimum absolute atomic E-state index is 0.0428. The minimum Gasteiger partial charge on any atom is -0.385 e. The topological polar surface area (TPSA) is 47.6 Å². The second-order valence-corrected chi connectivity index (χ2v) is 4.06. The van der Waals surface area contributed by atoms with Crippen molar-refractivity contribution in [2.45, 2.75) is 33.8 Å². The molecule has 0 aliphatic heterocycles. The molecule has 0 aromatic carbocycles. The van der Waals surface area contributed by atoms with E-state index >= 15 is 0 Å². The third kappa shape index (κ3) is 4.88. The highest BCUT2D eigenvalue weighted by atomic mass is 16.5. The molecule has 3 heteroatoms. The summed E-state index contributed by atoms with van der Waals surface area (Å²) >= 11 is 0. The number of nitrogens with two attached hydrogens (primary N) is 1. The minimum atomic E-state index is -0.0428. The summed E-state index contributed by atoms with van der Waals surface area (Å²) < 4.78 is 5.25. The smallest absolute Gasteiger partial charge is 0.123 e. The van der Waals surface area contributed by atoms with E-state index in [9.17, 15) is 0 Å². The van der Waals surface area contributed by atoms with Gasteiger partial charge in [-0.3, -0.25) is 4.99 Å². The van der Waals surface area contributed by atoms with Gasteiger partial charge in [-0.05, 0) is 11.8 Å². The van der Waals surface area contributed by atoms with Crippen LogP contribution in [0, 0.1) is 11.8 Å². The predicted octanol–water partition coefficient (Wildman–Crippen LogP) is 1.67. The van der Waals surface area contributed by atoms with E-state index in [4.69, 9.17) is 10.5 Å². The first-order valence-corrected chi connectivity index (χ1v) is 4.81. The normalized spacial score (nSPS) is 15.5. The number of nitrogens with zero attached hydrogens (tertiary/aromatic N) is 1. The van der Waals surface area contributed by atoms with E-state index in [1.54, 1.807) is 7.11 Å². The van der Waals surface area contributed by atoms with Gasteiger partial charge >= 0.3 is 0 Å². The average molecular weight is 186 g/mol. The molecule has 0 heterocycles. The maximum atomic E-state index is 5.80. The Morgan fingerprint density at radius 3 is 2.15 bits per heavy atom. The molecule has 0 aliphatic rings. The van der Waals surface area contributed by atoms with Crippen molar-refractivity contribution in [2.75, 3.05) is 13.7 Å². The monoisotopic (exact) mass is 186 g/mol. The van der Waals surface area contributed by atoms with Crippen molar-refractivity contribution in [3.8, 4) is 0 Å². The van der Waals surface area contributed by atoms with Gasteiger partial charge in [0.1, 0.15) is 11.9 Å². The Labute approximate surface area is 81.4 Å². The molecule has 0 fully saturated rings. The van der Waals surface area contributed by atoms with Gasteiger partial charge in [0.15, 0.2) is 0 Å². The lowest BCUT2D eigenvalue weighted by Gasteiger charge is -2.18. The zero-order valence-corrected chi connectivity index (χ0v) is 9.37. The molecule has 3 nitrogen and oxygen atoms in total. The van der Waals surface area contributed by atoms with Crippen molar-refractivity contribution >= 4 is 5.84 Å². The molecule has 0 spiro atoms. The van der Waals surface area contributed by atoms with Crippen molar-refractivity contribution in [2.24, 2.45) is 22.6 Å². The van der Waals surface area contributed by atoms with E-state index in [2.05, 4.69) is 32.7 Å². The van der Waals surface area contributed by atoms with Crippen LogP contribution >= 0.6 is 0 Å². The number of methoxy groups -OCH3 is 1. The number of rotatable bonds is 5. The Kier molecular flexibility index (Phi) is 5.71. The molecule has 0 aromatic heterocycles. The van der Waals surface area contributed by atoms with Gasteiger partial charge in [-0.25, -0.2) is 0 Å². The molecule has 0 radical (unpaired) electrons. The maximum absolute atomic E-state index is 5.80. The molecule has 1 unspecified atom stereocenters. The Bertz CT molecular complexity index is 164. The first-order valence-electron chi connectivity index (χ1n) is 4.81. The second kappa shape index (κ2) is 5.97. The summed E-state index contributed by atoms with van der Waals surface area (Å²) in [7, 11) is 1.67. The first-order chi connectivity index (χ1) is 5.99. The van der Waals surface area contributed by atoms with Crippen LogP contribution in [-0.2, 0) is 4.74 Å². The summed E-state index contributed by atoms with van der Waals surface area (Å²) in [6, 6.07) is 0. The van der Waals surface area contributed by atoms with Gasteiger partial charge in [-0.15, -0.1) is 0 Å². The van der Waals surface area contributed by atoms with E-state index in [0.717, 1.165) is 6.54 Å². The fraction of sp³-hybridized carbons (Fsp3) is 0.900. The van der Waals surface area contributed by atoms with Crippen LogP contribution in [0.3, 0.4) is 0 Å². The lowest BCUT2D eigenvalue weighted by molar-refractivity contribution is 0.117. The summed E-state index contributed by atoms with van der Waals surface area (Å²) in [4.78, 5) is 4.29. The van der Waals surface area contributed by atoms with Crippen molar-refractivity contribution in [3.63, 3.8) is 0 Å². The quantitative estimate of drug-likeness (QED) is 0.524. The summed E-state index contributed by atoms with van der Waals surface area (Å²) in [5.74, 6) is 1.54. The van der Waals surface area contributed by atoms with Crippen LogP contribution in [0.1, 0.15) is 27.7 Å². The van der Waals surface area contributed by atoms with Crippen molar-refractivity contribution in [3.05, 3.63) is 0 Å². The standard InChI is InChI=1S/C10H22N2O/c1-7(2)6-12-10(11)9(13-5)8(3)4/h7-9H,6H2,1-5H3,(H2,11,12). The van der Waals surface area contributed by atoms with Crippen LogP contribution < -0.4 is 5.73 Å². The van der Waals surface area contributed by atoms with Gasteiger partial charge < -0.3 is 10.5 Å². The van der Waals surface area contributed by atoms with Crippen LogP contribution in [0.5, 0.6) is 0 Å². The number of hydrogen-bond donors (Lipinski definition) is 1. The molecular formula is C10H22N2O. The molecule has 0 aliphatic carbocycles. The van der Waals surface area contributed by atoms with Crippen LogP contribution in [0.2, 0.25) is 0 Å². The van der Waals surface area contributed by atoms with E-state index < -0.39 is 0 Å². The molecular weight excluding hydrogens is 164 g/mol. The lowest BCUT2D eigenvalue weighted by atomic mass is 10.1. The van der Waals surface area contributed by atoms with Gasteiger partial charge in [-0.2, -0.15) is 0 Å². The molecule has 78 valence electrons. The van der Waals surface area contributed by atoms with E-state index in [1.807, 2.05) is 0 Å². The SMILES string of the molecule is COC(C(N)=NCC(C)C)C(C)C. The third-order valence-electron chi connectivity index (χ3n) is 1.79. The lowest BCUT2D eigenvalue weighted by Crippen LogP contribution is -2.35. The van der Waals surface area contributed by atoms with E-state index in [1.165, 1.54) is 0 Å². The van der Waals surface area contributed by atoms with Gasteiger partial charge in [0, 0.05) is 13.7 Å². The van der Waals surface area contributed by atoms with Gasteiger partial charge in [0.05, 0.1) is 0 Å². The molecule has 13 heavy (non-hydrogen) atoms. The van der Waals surface area contributed by atoms with E-state index in [-0.39, 0.29) is 6.10 Å². The predicted molar refractivity (Wildman–Crippen MR) is 57.0 cm³/mol.